The Morgan fingerprint density at radius 3 is 3.07 bits per heavy atom. The molecular formula is C8H7N3O3. The van der Waals surface area contributed by atoms with Gasteiger partial charge in [0.25, 0.3) is 5.82 Å². The minimum Gasteiger partial charge on any atom is -0.497 e. The second-order valence-corrected chi connectivity index (χ2v) is 2.61. The van der Waals surface area contributed by atoms with Gasteiger partial charge in [0.15, 0.2) is 5.65 Å². The third-order valence-electron chi connectivity index (χ3n) is 1.74. The lowest BCUT2D eigenvalue weighted by Gasteiger charge is -1.97. The minimum atomic E-state index is -1.15. The molecule has 2 aromatic rings. The fourth-order valence-corrected chi connectivity index (χ4v) is 1.08. The Kier molecular flexibility index (Phi) is 1.81. The lowest BCUT2D eigenvalue weighted by molar-refractivity contribution is 0.0684. The van der Waals surface area contributed by atoms with Crippen molar-refractivity contribution in [3.05, 3.63) is 24.2 Å². The molecule has 0 bridgehead atoms. The number of rotatable bonds is 2. The standard InChI is InChI=1S/C8H7N3O3/c1-14-5-2-3-11-6(4-5)9-7(10-11)8(12)13/h2-4H,1H3,(H,12,13). The van der Waals surface area contributed by atoms with Crippen LogP contribution in [0.2, 0.25) is 0 Å². The molecule has 0 radical (unpaired) electrons. The zero-order valence-corrected chi connectivity index (χ0v) is 7.34. The summed E-state index contributed by atoms with van der Waals surface area (Å²) < 4.78 is 6.34. The molecule has 0 amide bonds. The number of carbonyl (C=O) groups is 1. The molecule has 1 N–H and O–H groups in total. The monoisotopic (exact) mass is 193 g/mol. The van der Waals surface area contributed by atoms with Crippen LogP contribution in [0.4, 0.5) is 0 Å². The van der Waals surface area contributed by atoms with Crippen LogP contribution in [0.3, 0.4) is 0 Å². The number of carboxylic acids is 1. The molecule has 2 aromatic heterocycles. The summed E-state index contributed by atoms with van der Waals surface area (Å²) in [6, 6.07) is 3.28. The summed E-state index contributed by atoms with van der Waals surface area (Å²) >= 11 is 0. The molecular weight excluding hydrogens is 186 g/mol. The second kappa shape index (κ2) is 2.99. The number of aromatic carboxylic acids is 1. The lowest BCUT2D eigenvalue weighted by atomic mass is 10.4. The van der Waals surface area contributed by atoms with Gasteiger partial charge in [-0.05, 0) is 6.07 Å². The average molecular weight is 193 g/mol. The maximum atomic E-state index is 10.6. The Morgan fingerprint density at radius 2 is 2.43 bits per heavy atom. The summed E-state index contributed by atoms with van der Waals surface area (Å²) in [4.78, 5) is 14.3. The Labute approximate surface area is 78.8 Å². The fraction of sp³-hybridized carbons (Fsp3) is 0.125. The van der Waals surface area contributed by atoms with Gasteiger partial charge in [0.05, 0.1) is 7.11 Å². The highest BCUT2D eigenvalue weighted by Crippen LogP contribution is 2.12. The van der Waals surface area contributed by atoms with Gasteiger partial charge in [0, 0.05) is 12.3 Å². The first-order valence-corrected chi connectivity index (χ1v) is 3.84. The number of pyridine rings is 1. The highest BCUT2D eigenvalue weighted by molar-refractivity contribution is 5.83. The molecule has 0 saturated carbocycles. The molecule has 0 unspecified atom stereocenters. The lowest BCUT2D eigenvalue weighted by Crippen LogP contribution is -1.99. The highest BCUT2D eigenvalue weighted by atomic mass is 16.5. The molecule has 0 spiro atoms. The third kappa shape index (κ3) is 1.26. The molecule has 6 heteroatoms. The van der Waals surface area contributed by atoms with Crippen LogP contribution in [0.15, 0.2) is 18.3 Å². The van der Waals surface area contributed by atoms with E-state index in [1.165, 1.54) is 11.6 Å². The number of nitrogens with zero attached hydrogens (tertiary/aromatic N) is 3. The van der Waals surface area contributed by atoms with Crippen molar-refractivity contribution in [2.24, 2.45) is 0 Å². The normalized spacial score (nSPS) is 10.4. The molecule has 0 aliphatic carbocycles. The minimum absolute atomic E-state index is 0.224. The van der Waals surface area contributed by atoms with Crippen molar-refractivity contribution in [3.8, 4) is 5.75 Å². The van der Waals surface area contributed by atoms with Crippen molar-refractivity contribution in [1.82, 2.24) is 14.6 Å². The predicted octanol–water partition coefficient (Wildman–Crippen LogP) is 0.436. The molecule has 0 aromatic carbocycles. The molecule has 2 rings (SSSR count). The predicted molar refractivity (Wildman–Crippen MR) is 46.5 cm³/mol. The Morgan fingerprint density at radius 1 is 1.64 bits per heavy atom. The summed E-state index contributed by atoms with van der Waals surface area (Å²) in [5, 5.41) is 12.4. The summed E-state index contributed by atoms with van der Waals surface area (Å²) in [6.45, 7) is 0. The van der Waals surface area contributed by atoms with Crippen LogP contribution in [-0.4, -0.2) is 32.8 Å². The Balaban J connectivity index is 2.60. The summed E-state index contributed by atoms with van der Waals surface area (Å²) in [6.07, 6.45) is 1.59. The van der Waals surface area contributed by atoms with E-state index in [4.69, 9.17) is 9.84 Å². The van der Waals surface area contributed by atoms with E-state index in [1.807, 2.05) is 0 Å². The topological polar surface area (TPSA) is 76.7 Å². The first-order chi connectivity index (χ1) is 6.70. The molecule has 2 heterocycles. The summed E-state index contributed by atoms with van der Waals surface area (Å²) in [7, 11) is 1.53. The van der Waals surface area contributed by atoms with Crippen LogP contribution in [0.1, 0.15) is 10.6 Å². The largest absolute Gasteiger partial charge is 0.497 e. The van der Waals surface area contributed by atoms with Crippen molar-refractivity contribution in [3.63, 3.8) is 0 Å². The van der Waals surface area contributed by atoms with E-state index in [-0.39, 0.29) is 5.82 Å². The van der Waals surface area contributed by atoms with Crippen LogP contribution in [0, 0.1) is 0 Å². The zero-order chi connectivity index (χ0) is 10.1. The van der Waals surface area contributed by atoms with Crippen LogP contribution in [0.5, 0.6) is 5.75 Å². The molecule has 0 fully saturated rings. The van der Waals surface area contributed by atoms with Gasteiger partial charge in [-0.3, -0.25) is 0 Å². The number of aromatic nitrogens is 3. The summed E-state index contributed by atoms with van der Waals surface area (Å²) in [5.74, 6) is -0.757. The number of hydrogen-bond acceptors (Lipinski definition) is 4. The van der Waals surface area contributed by atoms with Gasteiger partial charge in [-0.25, -0.2) is 14.3 Å². The van der Waals surface area contributed by atoms with Crippen molar-refractivity contribution in [2.75, 3.05) is 7.11 Å². The van der Waals surface area contributed by atoms with Crippen molar-refractivity contribution in [2.45, 2.75) is 0 Å². The first-order valence-electron chi connectivity index (χ1n) is 3.84. The zero-order valence-electron chi connectivity index (χ0n) is 7.34. The van der Waals surface area contributed by atoms with E-state index in [0.717, 1.165) is 0 Å². The van der Waals surface area contributed by atoms with E-state index in [2.05, 4.69) is 10.1 Å². The number of carboxylic acid groups (broad SMARTS) is 1. The van der Waals surface area contributed by atoms with E-state index in [1.54, 1.807) is 18.3 Å². The van der Waals surface area contributed by atoms with Crippen LogP contribution < -0.4 is 4.74 Å². The maximum absolute atomic E-state index is 10.6. The SMILES string of the molecule is COc1ccn2nc(C(=O)O)nc2c1. The second-order valence-electron chi connectivity index (χ2n) is 2.61. The van der Waals surface area contributed by atoms with Crippen molar-refractivity contribution in [1.29, 1.82) is 0 Å². The van der Waals surface area contributed by atoms with Crippen LogP contribution in [0.25, 0.3) is 5.65 Å². The van der Waals surface area contributed by atoms with Crippen molar-refractivity contribution < 1.29 is 14.6 Å². The van der Waals surface area contributed by atoms with E-state index < -0.39 is 5.97 Å². The number of hydrogen-bond donors (Lipinski definition) is 1. The fourth-order valence-electron chi connectivity index (χ4n) is 1.08. The van der Waals surface area contributed by atoms with Gasteiger partial charge < -0.3 is 9.84 Å². The van der Waals surface area contributed by atoms with Crippen LogP contribution >= 0.6 is 0 Å². The first kappa shape index (κ1) is 8.49. The van der Waals surface area contributed by atoms with Gasteiger partial charge in [0.2, 0.25) is 0 Å². The average Bonchev–Trinajstić information content (AvgIpc) is 2.59. The highest BCUT2D eigenvalue weighted by Gasteiger charge is 2.10. The van der Waals surface area contributed by atoms with Gasteiger partial charge in [0.1, 0.15) is 5.75 Å². The molecule has 14 heavy (non-hydrogen) atoms. The number of ether oxygens (including phenoxy) is 1. The van der Waals surface area contributed by atoms with Gasteiger partial charge in [-0.1, -0.05) is 0 Å². The van der Waals surface area contributed by atoms with E-state index in [0.29, 0.717) is 11.4 Å². The van der Waals surface area contributed by atoms with Gasteiger partial charge in [-0.15, -0.1) is 5.10 Å². The molecule has 72 valence electrons. The molecule has 0 atom stereocenters. The van der Waals surface area contributed by atoms with Crippen molar-refractivity contribution >= 4 is 11.6 Å². The molecule has 6 nitrogen and oxygen atoms in total. The summed E-state index contributed by atoms with van der Waals surface area (Å²) in [5.41, 5.74) is 0.446. The Hall–Kier alpha value is -2.11. The van der Waals surface area contributed by atoms with Crippen LogP contribution in [-0.2, 0) is 0 Å². The smallest absolute Gasteiger partial charge is 0.375 e. The molecule has 0 aliphatic heterocycles. The van der Waals surface area contributed by atoms with E-state index >= 15 is 0 Å². The number of methoxy groups -OCH3 is 1. The number of fused-ring (bicyclic) bond motifs is 1. The molecule has 0 aliphatic rings. The quantitative estimate of drug-likeness (QED) is 0.748. The maximum Gasteiger partial charge on any atom is 0.375 e. The third-order valence-corrected chi connectivity index (χ3v) is 1.74. The van der Waals surface area contributed by atoms with E-state index in [9.17, 15) is 4.79 Å². The van der Waals surface area contributed by atoms with Gasteiger partial charge in [-0.2, -0.15) is 0 Å². The Bertz CT molecular complexity index is 492. The molecule has 0 saturated heterocycles. The van der Waals surface area contributed by atoms with Gasteiger partial charge >= 0.3 is 5.97 Å².